The molecule has 0 N–H and O–H groups in total. The van der Waals surface area contributed by atoms with Gasteiger partial charge in [0.15, 0.2) is 11.5 Å². The Morgan fingerprint density at radius 2 is 1.78 bits per heavy atom. The van der Waals surface area contributed by atoms with Crippen molar-refractivity contribution in [2.24, 2.45) is 0 Å². The monoisotopic (exact) mass is 337 g/mol. The van der Waals surface area contributed by atoms with E-state index < -0.39 is 25.0 Å². The molecule has 0 radical (unpaired) electrons. The van der Waals surface area contributed by atoms with Gasteiger partial charge in [0.05, 0.1) is 11.5 Å². The zero-order valence-electron chi connectivity index (χ0n) is 13.5. The summed E-state index contributed by atoms with van der Waals surface area (Å²) < 4.78 is 10.5. The Hall–Kier alpha value is -2.48. The summed E-state index contributed by atoms with van der Waals surface area (Å²) in [5.41, 5.74) is 0.103. The molecule has 0 atom stereocenters. The van der Waals surface area contributed by atoms with E-state index >= 15 is 0 Å². The Labute approximate surface area is 135 Å². The van der Waals surface area contributed by atoms with Crippen LogP contribution in [-0.4, -0.2) is 31.6 Å². The number of ketones is 1. The highest BCUT2D eigenvalue weighted by molar-refractivity contribution is 6.70. The molecule has 0 heterocycles. The molecule has 23 heavy (non-hydrogen) atoms. The first-order chi connectivity index (χ1) is 10.6. The average molecular weight is 337 g/mol. The van der Waals surface area contributed by atoms with Crippen molar-refractivity contribution >= 4 is 25.8 Å². The molecular weight excluding hydrogens is 318 g/mol. The summed E-state index contributed by atoms with van der Waals surface area (Å²) in [5, 5.41) is 10.6. The van der Waals surface area contributed by atoms with Crippen molar-refractivity contribution in [1.82, 2.24) is 0 Å². The highest BCUT2D eigenvalue weighted by Gasteiger charge is 2.24. The second-order valence-electron chi connectivity index (χ2n) is 5.61. The van der Waals surface area contributed by atoms with E-state index in [0.717, 1.165) is 6.08 Å². The molecule has 0 fully saturated rings. The lowest BCUT2D eigenvalue weighted by Crippen LogP contribution is -2.28. The molecule has 0 spiro atoms. The van der Waals surface area contributed by atoms with Crippen LogP contribution >= 0.6 is 0 Å². The maximum Gasteiger partial charge on any atom is 0.372 e. The highest BCUT2D eigenvalue weighted by Crippen LogP contribution is 2.16. The predicted octanol–water partition coefficient (Wildman–Crippen LogP) is 3.08. The van der Waals surface area contributed by atoms with Gasteiger partial charge in [-0.05, 0) is 38.7 Å². The molecule has 0 aromatic heterocycles. The second kappa shape index (κ2) is 7.68. The summed E-state index contributed by atoms with van der Waals surface area (Å²) in [6, 6.07) is 5.11. The zero-order chi connectivity index (χ0) is 17.6. The molecule has 0 saturated heterocycles. The van der Waals surface area contributed by atoms with Crippen LogP contribution in [-0.2, 0) is 14.0 Å². The van der Waals surface area contributed by atoms with Gasteiger partial charge in [0.25, 0.3) is 5.69 Å². The van der Waals surface area contributed by atoms with Crippen molar-refractivity contribution in [2.45, 2.75) is 26.6 Å². The van der Waals surface area contributed by atoms with Gasteiger partial charge in [-0.15, -0.1) is 0 Å². The number of rotatable bonds is 7. The summed E-state index contributed by atoms with van der Waals surface area (Å²) in [6.07, 6.45) is 1.07. The third kappa shape index (κ3) is 6.03. The van der Waals surface area contributed by atoms with Crippen LogP contribution in [0.2, 0.25) is 19.6 Å². The fraction of sp³-hybridized carbons (Fsp3) is 0.333. The minimum Gasteiger partial charge on any atom is -0.539 e. The lowest BCUT2D eigenvalue weighted by molar-refractivity contribution is -0.384. The van der Waals surface area contributed by atoms with Crippen LogP contribution in [0.5, 0.6) is 0 Å². The van der Waals surface area contributed by atoms with Gasteiger partial charge in [-0.3, -0.25) is 14.9 Å². The van der Waals surface area contributed by atoms with Gasteiger partial charge in [0.1, 0.15) is 0 Å². The first-order valence-corrected chi connectivity index (χ1v) is 10.4. The van der Waals surface area contributed by atoms with E-state index in [1.165, 1.54) is 24.3 Å². The van der Waals surface area contributed by atoms with E-state index in [1.54, 1.807) is 6.92 Å². The molecule has 0 aliphatic carbocycles. The van der Waals surface area contributed by atoms with E-state index in [4.69, 9.17) is 9.16 Å². The number of hydrogen-bond acceptors (Lipinski definition) is 6. The van der Waals surface area contributed by atoms with Crippen molar-refractivity contribution in [3.05, 3.63) is 51.8 Å². The third-order valence-electron chi connectivity index (χ3n) is 2.52. The van der Waals surface area contributed by atoms with Crippen LogP contribution in [0, 0.1) is 10.1 Å². The van der Waals surface area contributed by atoms with Gasteiger partial charge in [0, 0.05) is 23.8 Å². The zero-order valence-corrected chi connectivity index (χ0v) is 14.5. The van der Waals surface area contributed by atoms with Crippen molar-refractivity contribution < 1.29 is 23.7 Å². The molecule has 0 aliphatic rings. The Bertz CT molecular complexity index is 630. The number of carbonyl (C=O) groups excluding carboxylic acids is 2. The fourth-order valence-corrected chi connectivity index (χ4v) is 2.41. The van der Waals surface area contributed by atoms with Crippen LogP contribution in [0.25, 0.3) is 0 Å². The Kier molecular flexibility index (Phi) is 6.20. The number of carbonyl (C=O) groups is 2. The lowest BCUT2D eigenvalue weighted by Gasteiger charge is -2.20. The van der Waals surface area contributed by atoms with Crippen molar-refractivity contribution in [2.75, 3.05) is 6.61 Å². The number of esters is 1. The molecule has 1 aromatic carbocycles. The number of nitro groups is 1. The number of benzene rings is 1. The standard InChI is InChI=1S/C15H19NO6Si/c1-5-21-15(18)14(22-23(2,3)4)10-13(17)11-6-8-12(9-7-11)16(19)20/h6-10H,5H2,1-4H3/b14-10+. The molecule has 0 amide bonds. The molecule has 0 bridgehead atoms. The summed E-state index contributed by atoms with van der Waals surface area (Å²) in [7, 11) is -2.11. The average Bonchev–Trinajstić information content (AvgIpc) is 2.45. The quantitative estimate of drug-likeness (QED) is 0.144. The number of non-ortho nitro benzene ring substituents is 1. The SMILES string of the molecule is CCOC(=O)/C(=C\C(=O)c1ccc([N+](=O)[O-])cc1)O[Si](C)(C)C. The second-order valence-corrected chi connectivity index (χ2v) is 10.0. The Morgan fingerprint density at radius 3 is 2.22 bits per heavy atom. The number of allylic oxidation sites excluding steroid dienone is 1. The van der Waals surface area contributed by atoms with E-state index in [0.29, 0.717) is 0 Å². The van der Waals surface area contributed by atoms with E-state index in [2.05, 4.69) is 0 Å². The van der Waals surface area contributed by atoms with E-state index in [-0.39, 0.29) is 23.6 Å². The lowest BCUT2D eigenvalue weighted by atomic mass is 10.1. The Morgan fingerprint density at radius 1 is 1.22 bits per heavy atom. The third-order valence-corrected chi connectivity index (χ3v) is 3.35. The van der Waals surface area contributed by atoms with Gasteiger partial charge in [0.2, 0.25) is 8.32 Å². The predicted molar refractivity (Wildman–Crippen MR) is 86.6 cm³/mol. The maximum absolute atomic E-state index is 12.2. The molecule has 8 heteroatoms. The number of nitro benzene ring substituents is 1. The first kappa shape index (κ1) is 18.6. The van der Waals surface area contributed by atoms with Crippen LogP contribution in [0.1, 0.15) is 17.3 Å². The molecule has 0 saturated carbocycles. The maximum atomic E-state index is 12.2. The smallest absolute Gasteiger partial charge is 0.372 e. The van der Waals surface area contributed by atoms with Crippen LogP contribution in [0.3, 0.4) is 0 Å². The summed E-state index contributed by atoms with van der Waals surface area (Å²) in [5.74, 6) is -1.33. The number of hydrogen-bond donors (Lipinski definition) is 0. The number of nitrogens with zero attached hydrogens (tertiary/aromatic N) is 1. The van der Waals surface area contributed by atoms with Crippen LogP contribution < -0.4 is 0 Å². The largest absolute Gasteiger partial charge is 0.539 e. The summed E-state index contributed by atoms with van der Waals surface area (Å²) >= 11 is 0. The van der Waals surface area contributed by atoms with Gasteiger partial charge in [-0.1, -0.05) is 0 Å². The highest BCUT2D eigenvalue weighted by atomic mass is 28.4. The minimum absolute atomic E-state index is 0.116. The summed E-state index contributed by atoms with van der Waals surface area (Å²) in [6.45, 7) is 7.43. The molecular formula is C15H19NO6Si. The van der Waals surface area contributed by atoms with Crippen LogP contribution in [0.4, 0.5) is 5.69 Å². The first-order valence-electron chi connectivity index (χ1n) is 7.00. The Balaban J connectivity index is 3.06. The van der Waals surface area contributed by atoms with E-state index in [9.17, 15) is 19.7 Å². The minimum atomic E-state index is -2.11. The molecule has 1 aromatic rings. The van der Waals surface area contributed by atoms with Gasteiger partial charge >= 0.3 is 5.97 Å². The number of ether oxygens (including phenoxy) is 1. The van der Waals surface area contributed by atoms with Gasteiger partial charge in [-0.25, -0.2) is 4.79 Å². The van der Waals surface area contributed by atoms with Crippen LogP contribution in [0.15, 0.2) is 36.1 Å². The van der Waals surface area contributed by atoms with Gasteiger partial charge in [-0.2, -0.15) is 0 Å². The molecule has 124 valence electrons. The molecule has 7 nitrogen and oxygen atoms in total. The summed E-state index contributed by atoms with van der Waals surface area (Å²) in [4.78, 5) is 34.2. The van der Waals surface area contributed by atoms with Crippen molar-refractivity contribution in [3.63, 3.8) is 0 Å². The molecule has 1 rings (SSSR count). The van der Waals surface area contributed by atoms with Crippen molar-refractivity contribution in [3.8, 4) is 0 Å². The van der Waals surface area contributed by atoms with Crippen molar-refractivity contribution in [1.29, 1.82) is 0 Å². The fourth-order valence-electron chi connectivity index (χ4n) is 1.61. The normalized spacial score (nSPS) is 11.7. The molecule has 0 aliphatic heterocycles. The van der Waals surface area contributed by atoms with Gasteiger partial charge < -0.3 is 9.16 Å². The molecule has 0 unspecified atom stereocenters. The topological polar surface area (TPSA) is 95.7 Å². The van der Waals surface area contributed by atoms with E-state index in [1.807, 2.05) is 19.6 Å².